The van der Waals surface area contributed by atoms with Crippen molar-refractivity contribution in [3.8, 4) is 5.82 Å². The van der Waals surface area contributed by atoms with Crippen LogP contribution in [-0.4, -0.2) is 19.5 Å². The summed E-state index contributed by atoms with van der Waals surface area (Å²) in [6, 6.07) is 5.97. The average Bonchev–Trinajstić information content (AvgIpc) is 2.81. The molecule has 0 amide bonds. The molecule has 0 aliphatic carbocycles. The normalized spacial score (nSPS) is 11.2. The Morgan fingerprint density at radius 1 is 1.10 bits per heavy atom. The van der Waals surface area contributed by atoms with Crippen molar-refractivity contribution in [2.24, 2.45) is 0 Å². The average molecular weight is 287 g/mol. The maximum Gasteiger partial charge on any atom is 0.143 e. The molecule has 0 atom stereocenters. The van der Waals surface area contributed by atoms with E-state index in [1.54, 1.807) is 12.4 Å². The maximum absolute atomic E-state index is 6.07. The van der Waals surface area contributed by atoms with Crippen LogP contribution in [0.25, 0.3) is 16.9 Å². The Bertz CT molecular complexity index is 792. The van der Waals surface area contributed by atoms with Gasteiger partial charge in [0, 0.05) is 12.5 Å². The van der Waals surface area contributed by atoms with Gasteiger partial charge in [-0.05, 0) is 37.1 Å². The fourth-order valence-corrected chi connectivity index (χ4v) is 2.38. The third-order valence-corrected chi connectivity index (χ3v) is 3.65. The van der Waals surface area contributed by atoms with Crippen LogP contribution in [0.5, 0.6) is 0 Å². The molecule has 0 bridgehead atoms. The molecule has 0 spiro atoms. The van der Waals surface area contributed by atoms with Gasteiger partial charge < -0.3 is 0 Å². The lowest BCUT2D eigenvalue weighted by atomic mass is 10.1. The second-order valence-electron chi connectivity index (χ2n) is 4.86. The van der Waals surface area contributed by atoms with Crippen LogP contribution in [0.2, 0.25) is 5.15 Å². The monoisotopic (exact) mass is 286 g/mol. The van der Waals surface area contributed by atoms with Crippen molar-refractivity contribution < 1.29 is 0 Å². The van der Waals surface area contributed by atoms with Crippen molar-refractivity contribution in [2.45, 2.75) is 27.2 Å². The first-order valence-electron chi connectivity index (χ1n) is 6.56. The molecule has 0 saturated carbocycles. The zero-order valence-corrected chi connectivity index (χ0v) is 12.4. The third kappa shape index (κ3) is 2.16. The van der Waals surface area contributed by atoms with Gasteiger partial charge in [0.25, 0.3) is 0 Å². The molecule has 0 N–H and O–H groups in total. The number of aromatic nitrogens is 4. The Hall–Kier alpha value is -1.94. The van der Waals surface area contributed by atoms with Gasteiger partial charge in [-0.2, -0.15) is 0 Å². The molecule has 20 heavy (non-hydrogen) atoms. The lowest BCUT2D eigenvalue weighted by molar-refractivity contribution is 0.896. The molecule has 0 radical (unpaired) electrons. The molecule has 0 aliphatic rings. The molecule has 2 aromatic heterocycles. The van der Waals surface area contributed by atoms with Crippen molar-refractivity contribution in [1.82, 2.24) is 19.5 Å². The molecule has 0 saturated heterocycles. The Morgan fingerprint density at radius 2 is 1.85 bits per heavy atom. The van der Waals surface area contributed by atoms with Crippen molar-refractivity contribution >= 4 is 22.6 Å². The first kappa shape index (κ1) is 13.1. The molecule has 3 aromatic rings. The fraction of sp³-hybridized carbons (Fsp3) is 0.267. The first-order chi connectivity index (χ1) is 9.58. The van der Waals surface area contributed by atoms with E-state index in [0.29, 0.717) is 5.15 Å². The quantitative estimate of drug-likeness (QED) is 0.676. The van der Waals surface area contributed by atoms with Crippen molar-refractivity contribution in [1.29, 1.82) is 0 Å². The standard InChI is InChI=1S/C15H15ClN4/c1-4-14-18-13(16)7-15(19-14)20-8-17-11-5-9(2)10(3)6-12(11)20/h5-8H,4H2,1-3H3. The number of hydrogen-bond acceptors (Lipinski definition) is 3. The van der Waals surface area contributed by atoms with E-state index >= 15 is 0 Å². The van der Waals surface area contributed by atoms with Gasteiger partial charge >= 0.3 is 0 Å². The molecule has 0 aliphatic heterocycles. The molecule has 3 rings (SSSR count). The summed E-state index contributed by atoms with van der Waals surface area (Å²) in [7, 11) is 0. The van der Waals surface area contributed by atoms with Gasteiger partial charge in [0.15, 0.2) is 0 Å². The number of benzene rings is 1. The number of imidazole rings is 1. The van der Waals surface area contributed by atoms with Gasteiger partial charge in [-0.1, -0.05) is 18.5 Å². The zero-order chi connectivity index (χ0) is 14.3. The summed E-state index contributed by atoms with van der Waals surface area (Å²) in [4.78, 5) is 13.2. The Labute approximate surface area is 122 Å². The number of fused-ring (bicyclic) bond motifs is 1. The van der Waals surface area contributed by atoms with E-state index in [9.17, 15) is 0 Å². The maximum atomic E-state index is 6.07. The highest BCUT2D eigenvalue weighted by Crippen LogP contribution is 2.22. The first-order valence-corrected chi connectivity index (χ1v) is 6.94. The minimum Gasteiger partial charge on any atom is -0.283 e. The van der Waals surface area contributed by atoms with Crippen LogP contribution >= 0.6 is 11.6 Å². The van der Waals surface area contributed by atoms with Crippen LogP contribution in [0.3, 0.4) is 0 Å². The van der Waals surface area contributed by atoms with Crippen LogP contribution in [0.1, 0.15) is 23.9 Å². The van der Waals surface area contributed by atoms with E-state index < -0.39 is 0 Å². The van der Waals surface area contributed by atoms with E-state index in [4.69, 9.17) is 11.6 Å². The smallest absolute Gasteiger partial charge is 0.143 e. The topological polar surface area (TPSA) is 43.6 Å². The summed E-state index contributed by atoms with van der Waals surface area (Å²) in [6.07, 6.45) is 2.53. The van der Waals surface area contributed by atoms with E-state index in [0.717, 1.165) is 29.1 Å². The summed E-state index contributed by atoms with van der Waals surface area (Å²) in [5.74, 6) is 1.49. The Balaban J connectivity index is 2.24. The van der Waals surface area contributed by atoms with Crippen LogP contribution in [0.4, 0.5) is 0 Å². The van der Waals surface area contributed by atoms with E-state index in [1.165, 1.54) is 11.1 Å². The second kappa shape index (κ2) is 4.87. The summed E-state index contributed by atoms with van der Waals surface area (Å²) in [5.41, 5.74) is 4.46. The van der Waals surface area contributed by atoms with Crippen molar-refractivity contribution in [3.05, 3.63) is 46.6 Å². The number of hydrogen-bond donors (Lipinski definition) is 0. The highest BCUT2D eigenvalue weighted by Gasteiger charge is 2.09. The van der Waals surface area contributed by atoms with Crippen LogP contribution < -0.4 is 0 Å². The lowest BCUT2D eigenvalue weighted by Crippen LogP contribution is -2.02. The van der Waals surface area contributed by atoms with Crippen LogP contribution in [-0.2, 0) is 6.42 Å². The van der Waals surface area contributed by atoms with Gasteiger partial charge in [-0.25, -0.2) is 15.0 Å². The van der Waals surface area contributed by atoms with Crippen LogP contribution in [0.15, 0.2) is 24.5 Å². The highest BCUT2D eigenvalue weighted by molar-refractivity contribution is 6.29. The fourth-order valence-electron chi connectivity index (χ4n) is 2.18. The van der Waals surface area contributed by atoms with Crippen LogP contribution in [0, 0.1) is 13.8 Å². The third-order valence-electron chi connectivity index (χ3n) is 3.45. The molecule has 2 heterocycles. The number of rotatable bonds is 2. The highest BCUT2D eigenvalue weighted by atomic mass is 35.5. The Morgan fingerprint density at radius 3 is 2.60 bits per heavy atom. The predicted molar refractivity (Wildman–Crippen MR) is 80.5 cm³/mol. The van der Waals surface area contributed by atoms with Crippen molar-refractivity contribution in [2.75, 3.05) is 0 Å². The molecule has 0 fully saturated rings. The number of halogens is 1. The minimum absolute atomic E-state index is 0.456. The van der Waals surface area contributed by atoms with Gasteiger partial charge in [-0.15, -0.1) is 0 Å². The van der Waals surface area contributed by atoms with Crippen molar-refractivity contribution in [3.63, 3.8) is 0 Å². The van der Waals surface area contributed by atoms with Gasteiger partial charge in [0.05, 0.1) is 11.0 Å². The molecular weight excluding hydrogens is 272 g/mol. The molecular formula is C15H15ClN4. The largest absolute Gasteiger partial charge is 0.283 e. The summed E-state index contributed by atoms with van der Waals surface area (Å²) < 4.78 is 1.95. The lowest BCUT2D eigenvalue weighted by Gasteiger charge is -2.07. The number of nitrogens with zero attached hydrogens (tertiary/aromatic N) is 4. The van der Waals surface area contributed by atoms with Gasteiger partial charge in [0.2, 0.25) is 0 Å². The molecule has 102 valence electrons. The summed E-state index contributed by atoms with van der Waals surface area (Å²) in [5, 5.41) is 0.456. The summed E-state index contributed by atoms with van der Waals surface area (Å²) in [6.45, 7) is 6.19. The predicted octanol–water partition coefficient (Wildman–Crippen LogP) is 3.65. The minimum atomic E-state index is 0.456. The zero-order valence-electron chi connectivity index (χ0n) is 11.7. The SMILES string of the molecule is CCc1nc(Cl)cc(-n2cnc3cc(C)c(C)cc32)n1. The van der Waals surface area contributed by atoms with E-state index in [1.807, 2.05) is 11.5 Å². The van der Waals surface area contributed by atoms with Gasteiger partial charge in [-0.3, -0.25) is 4.57 Å². The van der Waals surface area contributed by atoms with Gasteiger partial charge in [0.1, 0.15) is 23.1 Å². The number of aryl methyl sites for hydroxylation is 3. The summed E-state index contributed by atoms with van der Waals surface area (Å²) >= 11 is 6.07. The Kier molecular flexibility index (Phi) is 3.18. The molecule has 0 unspecified atom stereocenters. The molecule has 5 heteroatoms. The van der Waals surface area contributed by atoms with E-state index in [2.05, 4.69) is 40.9 Å². The molecule has 1 aromatic carbocycles. The van der Waals surface area contributed by atoms with E-state index in [-0.39, 0.29) is 0 Å². The molecule has 4 nitrogen and oxygen atoms in total. The second-order valence-corrected chi connectivity index (χ2v) is 5.25.